The number of rotatable bonds is 5. The lowest BCUT2D eigenvalue weighted by atomic mass is 9.78. The number of nitrogens with zero attached hydrogens (tertiary/aromatic N) is 3. The minimum absolute atomic E-state index is 0.0142. The summed E-state index contributed by atoms with van der Waals surface area (Å²) in [4.78, 5) is 47.8. The smallest absolute Gasteiger partial charge is 0.254 e. The minimum Gasteiger partial charge on any atom is -0.383 e. The van der Waals surface area contributed by atoms with Gasteiger partial charge in [0.05, 0.1) is 18.4 Å². The van der Waals surface area contributed by atoms with E-state index in [2.05, 4.69) is 9.97 Å². The first-order valence-electron chi connectivity index (χ1n) is 9.06. The molecule has 2 aliphatic rings. The molecule has 3 heterocycles. The Labute approximate surface area is 152 Å². The second-order valence-corrected chi connectivity index (χ2v) is 7.23. The molecule has 1 aromatic rings. The Balaban J connectivity index is 1.66. The topological polar surface area (TPSA) is 95.6 Å². The highest BCUT2D eigenvalue weighted by Crippen LogP contribution is 2.40. The number of hydrogen-bond acceptors (Lipinski definition) is 5. The van der Waals surface area contributed by atoms with E-state index in [1.54, 1.807) is 18.9 Å². The van der Waals surface area contributed by atoms with Gasteiger partial charge in [0.25, 0.3) is 5.56 Å². The molecular formula is C18H26N4O4. The standard InChI is InChI=1S/C18H26N4O4/c1-13-19-11-14(16(24)20-13)10-15(23)22-7-5-18(12-22)4-3-6-21(17(18)25)8-9-26-2/h11H,3-10,12H2,1-2H3,(H,19,20,24). The highest BCUT2D eigenvalue weighted by atomic mass is 16.5. The van der Waals surface area contributed by atoms with E-state index < -0.39 is 5.41 Å². The highest BCUT2D eigenvalue weighted by molar-refractivity contribution is 5.86. The van der Waals surface area contributed by atoms with Gasteiger partial charge in [-0.1, -0.05) is 0 Å². The lowest BCUT2D eigenvalue weighted by Gasteiger charge is -2.39. The molecule has 2 amide bonds. The maximum absolute atomic E-state index is 12.9. The molecule has 1 unspecified atom stereocenters. The van der Waals surface area contributed by atoms with E-state index in [1.165, 1.54) is 6.20 Å². The number of nitrogens with one attached hydrogen (secondary N) is 1. The lowest BCUT2D eigenvalue weighted by molar-refractivity contribution is -0.146. The second-order valence-electron chi connectivity index (χ2n) is 7.23. The Kier molecular flexibility index (Phi) is 5.41. The number of ether oxygens (including phenoxy) is 1. The monoisotopic (exact) mass is 362 g/mol. The summed E-state index contributed by atoms with van der Waals surface area (Å²) in [5, 5.41) is 0. The van der Waals surface area contributed by atoms with E-state index in [-0.39, 0.29) is 23.8 Å². The molecule has 1 spiro atoms. The fourth-order valence-electron chi connectivity index (χ4n) is 3.94. The molecule has 2 saturated heterocycles. The molecule has 2 fully saturated rings. The number of piperidine rings is 1. The number of carbonyl (C=O) groups excluding carboxylic acids is 2. The van der Waals surface area contributed by atoms with Crippen molar-refractivity contribution in [2.75, 3.05) is 39.9 Å². The molecule has 26 heavy (non-hydrogen) atoms. The zero-order valence-corrected chi connectivity index (χ0v) is 15.4. The summed E-state index contributed by atoms with van der Waals surface area (Å²) < 4.78 is 5.09. The number of H-pyrrole nitrogens is 1. The average molecular weight is 362 g/mol. The van der Waals surface area contributed by atoms with E-state index >= 15 is 0 Å². The number of hydrogen-bond donors (Lipinski definition) is 1. The molecule has 142 valence electrons. The van der Waals surface area contributed by atoms with E-state index in [0.717, 1.165) is 19.4 Å². The van der Waals surface area contributed by atoms with Crippen LogP contribution in [0, 0.1) is 12.3 Å². The van der Waals surface area contributed by atoms with Gasteiger partial charge in [-0.25, -0.2) is 4.98 Å². The molecule has 0 radical (unpaired) electrons. The third-order valence-electron chi connectivity index (χ3n) is 5.44. The van der Waals surface area contributed by atoms with Gasteiger partial charge in [-0.15, -0.1) is 0 Å². The predicted molar refractivity (Wildman–Crippen MR) is 94.6 cm³/mol. The Bertz CT molecular complexity index is 747. The molecule has 0 aromatic carbocycles. The van der Waals surface area contributed by atoms with Gasteiger partial charge in [0, 0.05) is 45.0 Å². The zero-order valence-electron chi connectivity index (χ0n) is 15.4. The highest BCUT2D eigenvalue weighted by Gasteiger charge is 2.49. The summed E-state index contributed by atoms with van der Waals surface area (Å²) in [5.74, 6) is 0.529. The van der Waals surface area contributed by atoms with Gasteiger partial charge in [-0.05, 0) is 26.2 Å². The van der Waals surface area contributed by atoms with Gasteiger partial charge < -0.3 is 19.5 Å². The van der Waals surface area contributed by atoms with E-state index in [4.69, 9.17) is 4.74 Å². The van der Waals surface area contributed by atoms with Crippen molar-refractivity contribution in [2.24, 2.45) is 5.41 Å². The SMILES string of the molecule is COCCN1CCCC2(CCN(C(=O)Cc3cnc(C)[nH]c3=O)C2)C1=O. The second kappa shape index (κ2) is 7.57. The van der Waals surface area contributed by atoms with E-state index in [9.17, 15) is 14.4 Å². The van der Waals surface area contributed by atoms with Crippen LogP contribution in [0.1, 0.15) is 30.7 Å². The first-order chi connectivity index (χ1) is 12.4. The Morgan fingerprint density at radius 2 is 2.15 bits per heavy atom. The summed E-state index contributed by atoms with van der Waals surface area (Å²) in [5.41, 5.74) is -0.392. The van der Waals surface area contributed by atoms with Gasteiger partial charge in [-0.2, -0.15) is 0 Å². The zero-order chi connectivity index (χ0) is 18.7. The van der Waals surface area contributed by atoms with Crippen LogP contribution < -0.4 is 5.56 Å². The van der Waals surface area contributed by atoms with Crippen molar-refractivity contribution >= 4 is 11.8 Å². The quantitative estimate of drug-likeness (QED) is 0.802. The van der Waals surface area contributed by atoms with Crippen molar-refractivity contribution < 1.29 is 14.3 Å². The van der Waals surface area contributed by atoms with Crippen LogP contribution in [-0.4, -0.2) is 71.5 Å². The first kappa shape index (κ1) is 18.6. The molecular weight excluding hydrogens is 336 g/mol. The number of aromatic amines is 1. The molecule has 1 aromatic heterocycles. The predicted octanol–water partition coefficient (Wildman–Crippen LogP) is 0.108. The number of amides is 2. The van der Waals surface area contributed by atoms with Gasteiger partial charge >= 0.3 is 0 Å². The third kappa shape index (κ3) is 3.65. The number of carbonyl (C=O) groups is 2. The van der Waals surface area contributed by atoms with Gasteiger partial charge in [0.1, 0.15) is 5.82 Å². The van der Waals surface area contributed by atoms with Crippen LogP contribution in [0.25, 0.3) is 0 Å². The molecule has 8 nitrogen and oxygen atoms in total. The molecule has 1 atom stereocenters. The molecule has 2 aliphatic heterocycles. The molecule has 0 bridgehead atoms. The first-order valence-corrected chi connectivity index (χ1v) is 9.06. The van der Waals surface area contributed by atoms with Crippen molar-refractivity contribution in [1.29, 1.82) is 0 Å². The molecule has 1 N–H and O–H groups in total. The lowest BCUT2D eigenvalue weighted by Crippen LogP contribution is -2.51. The third-order valence-corrected chi connectivity index (χ3v) is 5.44. The summed E-state index contributed by atoms with van der Waals surface area (Å²) in [6, 6.07) is 0. The van der Waals surface area contributed by atoms with Crippen molar-refractivity contribution in [2.45, 2.75) is 32.6 Å². The van der Waals surface area contributed by atoms with Crippen molar-refractivity contribution in [1.82, 2.24) is 19.8 Å². The van der Waals surface area contributed by atoms with Crippen LogP contribution in [-0.2, 0) is 20.7 Å². The fourth-order valence-corrected chi connectivity index (χ4v) is 3.94. The minimum atomic E-state index is -0.473. The molecule has 0 aliphatic carbocycles. The Morgan fingerprint density at radius 1 is 1.35 bits per heavy atom. The number of likely N-dealkylation sites (tertiary alicyclic amines) is 2. The largest absolute Gasteiger partial charge is 0.383 e. The van der Waals surface area contributed by atoms with Crippen molar-refractivity contribution in [3.05, 3.63) is 27.9 Å². The maximum Gasteiger partial charge on any atom is 0.254 e. The normalized spacial score (nSPS) is 23.1. The van der Waals surface area contributed by atoms with Gasteiger partial charge in [-0.3, -0.25) is 14.4 Å². The maximum atomic E-state index is 12.9. The number of aryl methyl sites for hydroxylation is 1. The van der Waals surface area contributed by atoms with Crippen LogP contribution in [0.2, 0.25) is 0 Å². The molecule has 3 rings (SSSR count). The van der Waals surface area contributed by atoms with E-state index in [1.807, 2.05) is 4.90 Å². The van der Waals surface area contributed by atoms with Crippen molar-refractivity contribution in [3.63, 3.8) is 0 Å². The van der Waals surface area contributed by atoms with Gasteiger partial charge in [0.2, 0.25) is 11.8 Å². The van der Waals surface area contributed by atoms with Crippen LogP contribution in [0.5, 0.6) is 0 Å². The van der Waals surface area contributed by atoms with Crippen LogP contribution in [0.15, 0.2) is 11.0 Å². The number of methoxy groups -OCH3 is 1. The summed E-state index contributed by atoms with van der Waals surface area (Å²) in [6.07, 6.45) is 3.91. The number of aromatic nitrogens is 2. The summed E-state index contributed by atoms with van der Waals surface area (Å²) in [7, 11) is 1.63. The Morgan fingerprint density at radius 3 is 2.88 bits per heavy atom. The molecule has 8 heteroatoms. The fraction of sp³-hybridized carbons (Fsp3) is 0.667. The Hall–Kier alpha value is -2.22. The van der Waals surface area contributed by atoms with Crippen molar-refractivity contribution in [3.8, 4) is 0 Å². The molecule has 0 saturated carbocycles. The van der Waals surface area contributed by atoms with Crippen LogP contribution >= 0.6 is 0 Å². The van der Waals surface area contributed by atoms with Gasteiger partial charge in [0.15, 0.2) is 0 Å². The summed E-state index contributed by atoms with van der Waals surface area (Å²) in [6.45, 7) is 4.55. The summed E-state index contributed by atoms with van der Waals surface area (Å²) >= 11 is 0. The average Bonchev–Trinajstić information content (AvgIpc) is 3.04. The van der Waals surface area contributed by atoms with Crippen LogP contribution in [0.3, 0.4) is 0 Å². The van der Waals surface area contributed by atoms with E-state index in [0.29, 0.717) is 44.0 Å². The van der Waals surface area contributed by atoms with Crippen LogP contribution in [0.4, 0.5) is 0 Å².